The van der Waals surface area contributed by atoms with Crippen molar-refractivity contribution in [3.8, 4) is 0 Å². The van der Waals surface area contributed by atoms with Crippen molar-refractivity contribution in [2.24, 2.45) is 0 Å². The lowest BCUT2D eigenvalue weighted by Gasteiger charge is -2.00. The number of nitrogens with zero attached hydrogens (tertiary/aromatic N) is 3. The largest absolute Gasteiger partial charge is 0.293 e. The summed E-state index contributed by atoms with van der Waals surface area (Å²) >= 11 is 0. The summed E-state index contributed by atoms with van der Waals surface area (Å²) in [5.74, 6) is 0.221. The second-order valence-electron chi connectivity index (χ2n) is 5.00. The van der Waals surface area contributed by atoms with Gasteiger partial charge in [-0.15, -0.1) is 5.10 Å². The van der Waals surface area contributed by atoms with Crippen molar-refractivity contribution in [3.05, 3.63) is 71.6 Å². The van der Waals surface area contributed by atoms with Gasteiger partial charge in [-0.25, -0.2) is 4.39 Å². The summed E-state index contributed by atoms with van der Waals surface area (Å²) in [4.78, 5) is 20.0. The molecule has 2 heterocycles. The third-order valence-electron chi connectivity index (χ3n) is 3.13. The van der Waals surface area contributed by atoms with Gasteiger partial charge in [0.05, 0.1) is 6.42 Å². The maximum Gasteiger partial charge on any atom is 0.248 e. The lowest BCUT2D eigenvalue weighted by Crippen LogP contribution is -2.15. The average molecular weight is 311 g/mol. The molecule has 0 fully saturated rings. The van der Waals surface area contributed by atoms with Gasteiger partial charge in [0.2, 0.25) is 11.9 Å². The van der Waals surface area contributed by atoms with Gasteiger partial charge < -0.3 is 0 Å². The predicted octanol–water partition coefficient (Wildman–Crippen LogP) is 2.11. The monoisotopic (exact) mass is 311 g/mol. The molecular weight excluding hydrogens is 297 g/mol. The Morgan fingerprint density at radius 3 is 2.87 bits per heavy atom. The Labute approximate surface area is 131 Å². The van der Waals surface area contributed by atoms with Gasteiger partial charge in [0.1, 0.15) is 11.6 Å². The number of H-pyrrole nitrogens is 1. The molecule has 6 nitrogen and oxygen atoms in total. The number of amides is 1. The smallest absolute Gasteiger partial charge is 0.248 e. The van der Waals surface area contributed by atoms with E-state index in [0.29, 0.717) is 12.2 Å². The number of aromatic amines is 1. The fraction of sp³-hybridized carbons (Fsp3) is 0.125. The van der Waals surface area contributed by atoms with Crippen LogP contribution in [0.15, 0.2) is 48.8 Å². The van der Waals surface area contributed by atoms with Gasteiger partial charge in [-0.05, 0) is 29.3 Å². The van der Waals surface area contributed by atoms with E-state index >= 15 is 0 Å². The van der Waals surface area contributed by atoms with Crippen molar-refractivity contribution in [1.29, 1.82) is 0 Å². The summed E-state index contributed by atoms with van der Waals surface area (Å²) in [6.07, 6.45) is 3.88. The van der Waals surface area contributed by atoms with Crippen molar-refractivity contribution in [2.45, 2.75) is 12.8 Å². The van der Waals surface area contributed by atoms with E-state index in [1.807, 2.05) is 6.07 Å². The van der Waals surface area contributed by atoms with Crippen LogP contribution in [0.2, 0.25) is 0 Å². The molecule has 0 saturated heterocycles. The van der Waals surface area contributed by atoms with Crippen molar-refractivity contribution < 1.29 is 9.18 Å². The Morgan fingerprint density at radius 2 is 2.09 bits per heavy atom. The van der Waals surface area contributed by atoms with Crippen LogP contribution >= 0.6 is 0 Å². The molecule has 2 aromatic heterocycles. The van der Waals surface area contributed by atoms with Crippen LogP contribution in [-0.4, -0.2) is 26.1 Å². The molecule has 0 aliphatic carbocycles. The zero-order chi connectivity index (χ0) is 16.1. The number of halogens is 1. The highest BCUT2D eigenvalue weighted by Crippen LogP contribution is 2.09. The van der Waals surface area contributed by atoms with E-state index in [1.54, 1.807) is 30.6 Å². The number of pyridine rings is 1. The van der Waals surface area contributed by atoms with Crippen molar-refractivity contribution >= 4 is 11.9 Å². The zero-order valence-corrected chi connectivity index (χ0v) is 12.2. The highest BCUT2D eigenvalue weighted by atomic mass is 19.1. The van der Waals surface area contributed by atoms with Gasteiger partial charge in [0.15, 0.2) is 0 Å². The van der Waals surface area contributed by atoms with E-state index in [9.17, 15) is 9.18 Å². The van der Waals surface area contributed by atoms with Crippen LogP contribution < -0.4 is 5.32 Å². The molecule has 3 aromatic rings. The molecule has 0 atom stereocenters. The highest BCUT2D eigenvalue weighted by molar-refractivity contribution is 5.90. The first-order chi connectivity index (χ1) is 11.2. The standard InChI is InChI=1S/C16H14FN5O/c17-13-5-1-3-11(7-13)8-14-19-16(22-21-14)20-15(23)9-12-4-2-6-18-10-12/h1-7,10H,8-9H2,(H2,19,20,21,22,23). The van der Waals surface area contributed by atoms with Crippen molar-refractivity contribution in [3.63, 3.8) is 0 Å². The molecule has 23 heavy (non-hydrogen) atoms. The van der Waals surface area contributed by atoms with Crippen LogP contribution in [0.3, 0.4) is 0 Å². The minimum Gasteiger partial charge on any atom is -0.293 e. The highest BCUT2D eigenvalue weighted by Gasteiger charge is 2.09. The first-order valence-electron chi connectivity index (χ1n) is 7.03. The third kappa shape index (κ3) is 4.19. The maximum absolute atomic E-state index is 13.1. The fourth-order valence-electron chi connectivity index (χ4n) is 2.13. The maximum atomic E-state index is 13.1. The van der Waals surface area contributed by atoms with E-state index < -0.39 is 0 Å². The molecule has 116 valence electrons. The van der Waals surface area contributed by atoms with Gasteiger partial charge in [-0.1, -0.05) is 18.2 Å². The van der Waals surface area contributed by atoms with Gasteiger partial charge in [0.25, 0.3) is 0 Å². The summed E-state index contributed by atoms with van der Waals surface area (Å²) in [5, 5.41) is 9.28. The summed E-state index contributed by atoms with van der Waals surface area (Å²) in [7, 11) is 0. The number of rotatable bonds is 5. The quantitative estimate of drug-likeness (QED) is 0.756. The van der Waals surface area contributed by atoms with Crippen LogP contribution in [0.25, 0.3) is 0 Å². The normalized spacial score (nSPS) is 10.5. The Bertz CT molecular complexity index is 803. The number of benzene rings is 1. The number of carbonyl (C=O) groups excluding carboxylic acids is 1. The van der Waals surface area contributed by atoms with E-state index in [2.05, 4.69) is 25.5 Å². The van der Waals surface area contributed by atoms with Crippen LogP contribution in [0.1, 0.15) is 17.0 Å². The molecule has 0 spiro atoms. The molecule has 0 saturated carbocycles. The number of anilines is 1. The second-order valence-corrected chi connectivity index (χ2v) is 5.00. The first-order valence-corrected chi connectivity index (χ1v) is 7.03. The minimum atomic E-state index is -0.299. The van der Waals surface area contributed by atoms with E-state index in [1.165, 1.54) is 12.1 Å². The van der Waals surface area contributed by atoms with Gasteiger partial charge >= 0.3 is 0 Å². The Balaban J connectivity index is 1.60. The molecule has 0 bridgehead atoms. The van der Waals surface area contributed by atoms with Gasteiger partial charge in [-0.3, -0.25) is 20.2 Å². The molecule has 7 heteroatoms. The van der Waals surface area contributed by atoms with E-state index in [-0.39, 0.29) is 24.1 Å². The molecule has 1 aromatic carbocycles. The lowest BCUT2D eigenvalue weighted by molar-refractivity contribution is -0.115. The number of hydrogen-bond donors (Lipinski definition) is 2. The molecule has 0 unspecified atom stereocenters. The molecule has 3 rings (SSSR count). The molecule has 0 aliphatic rings. The Morgan fingerprint density at radius 1 is 1.22 bits per heavy atom. The van der Waals surface area contributed by atoms with Gasteiger partial charge in [0, 0.05) is 18.8 Å². The van der Waals surface area contributed by atoms with Crippen LogP contribution in [0, 0.1) is 5.82 Å². The van der Waals surface area contributed by atoms with Crippen LogP contribution in [-0.2, 0) is 17.6 Å². The van der Waals surface area contributed by atoms with Crippen molar-refractivity contribution in [1.82, 2.24) is 20.2 Å². The number of hydrogen-bond acceptors (Lipinski definition) is 4. The number of aromatic nitrogens is 4. The predicted molar refractivity (Wildman–Crippen MR) is 82.2 cm³/mol. The SMILES string of the molecule is O=C(Cc1cccnc1)Nc1n[nH]c(Cc2cccc(F)c2)n1. The molecular formula is C16H14FN5O. The minimum absolute atomic E-state index is 0.196. The fourth-order valence-corrected chi connectivity index (χ4v) is 2.13. The first kappa shape index (κ1) is 14.8. The Kier molecular flexibility index (Phi) is 4.37. The Hall–Kier alpha value is -3.09. The van der Waals surface area contributed by atoms with Crippen molar-refractivity contribution in [2.75, 3.05) is 5.32 Å². The van der Waals surface area contributed by atoms with Gasteiger partial charge in [-0.2, -0.15) is 4.98 Å². The van der Waals surface area contributed by atoms with E-state index in [4.69, 9.17) is 0 Å². The summed E-state index contributed by atoms with van der Waals surface area (Å²) in [6, 6.07) is 9.84. The summed E-state index contributed by atoms with van der Waals surface area (Å²) < 4.78 is 13.1. The van der Waals surface area contributed by atoms with Crippen LogP contribution in [0.5, 0.6) is 0 Å². The topological polar surface area (TPSA) is 83.6 Å². The molecule has 1 amide bonds. The molecule has 2 N–H and O–H groups in total. The number of carbonyl (C=O) groups is 1. The summed E-state index contributed by atoms with van der Waals surface area (Å²) in [6.45, 7) is 0. The number of nitrogens with one attached hydrogen (secondary N) is 2. The third-order valence-corrected chi connectivity index (χ3v) is 3.13. The zero-order valence-electron chi connectivity index (χ0n) is 12.2. The molecule has 0 aliphatic heterocycles. The van der Waals surface area contributed by atoms with E-state index in [0.717, 1.165) is 11.1 Å². The lowest BCUT2D eigenvalue weighted by atomic mass is 10.1. The summed E-state index contributed by atoms with van der Waals surface area (Å²) in [5.41, 5.74) is 1.58. The second kappa shape index (κ2) is 6.78. The average Bonchev–Trinajstić information content (AvgIpc) is 2.95. The van der Waals surface area contributed by atoms with Crippen LogP contribution in [0.4, 0.5) is 10.3 Å². The molecule has 0 radical (unpaired) electrons.